The number of aldehydes is 1. The zero-order valence-electron chi connectivity index (χ0n) is 14.4. The normalized spacial score (nSPS) is 18.6. The first-order chi connectivity index (χ1) is 11.2. The van der Waals surface area contributed by atoms with Gasteiger partial charge in [0.05, 0.1) is 13.2 Å². The van der Waals surface area contributed by atoms with Crippen molar-refractivity contribution >= 4 is 6.29 Å². The molecule has 23 heavy (non-hydrogen) atoms. The highest BCUT2D eigenvalue weighted by molar-refractivity contribution is 5.76. The first-order valence-corrected chi connectivity index (χ1v) is 8.83. The Morgan fingerprint density at radius 3 is 2.83 bits per heavy atom. The van der Waals surface area contributed by atoms with Gasteiger partial charge in [-0.2, -0.15) is 0 Å². The van der Waals surface area contributed by atoms with Crippen molar-refractivity contribution < 1.29 is 14.3 Å². The highest BCUT2D eigenvalue weighted by Gasteiger charge is 2.17. The third kappa shape index (κ3) is 5.54. The van der Waals surface area contributed by atoms with Gasteiger partial charge in [-0.1, -0.05) is 6.42 Å². The van der Waals surface area contributed by atoms with Crippen molar-refractivity contribution in [3.05, 3.63) is 23.8 Å². The summed E-state index contributed by atoms with van der Waals surface area (Å²) in [6.45, 7) is 7.90. The number of nitrogens with zero attached hydrogens (tertiary/aromatic N) is 1. The summed E-state index contributed by atoms with van der Waals surface area (Å²) in [6.07, 6.45) is 7.05. The Morgan fingerprint density at radius 1 is 1.22 bits per heavy atom. The van der Waals surface area contributed by atoms with Crippen molar-refractivity contribution in [3.8, 4) is 11.5 Å². The van der Waals surface area contributed by atoms with Crippen molar-refractivity contribution in [1.82, 2.24) is 4.90 Å². The number of piperidine rings is 1. The Labute approximate surface area is 139 Å². The molecule has 4 nitrogen and oxygen atoms in total. The van der Waals surface area contributed by atoms with Gasteiger partial charge in [0.25, 0.3) is 0 Å². The van der Waals surface area contributed by atoms with Crippen LogP contribution in [0.3, 0.4) is 0 Å². The zero-order chi connectivity index (χ0) is 16.5. The van der Waals surface area contributed by atoms with Crippen LogP contribution in [0.15, 0.2) is 18.2 Å². The van der Waals surface area contributed by atoms with Gasteiger partial charge in [-0.3, -0.25) is 4.79 Å². The van der Waals surface area contributed by atoms with Crippen molar-refractivity contribution in [3.63, 3.8) is 0 Å². The van der Waals surface area contributed by atoms with Crippen LogP contribution < -0.4 is 9.47 Å². The molecule has 0 amide bonds. The second-order valence-corrected chi connectivity index (χ2v) is 6.19. The maximum Gasteiger partial charge on any atom is 0.161 e. The second kappa shape index (κ2) is 9.56. The number of unbranched alkanes of at least 4 members (excludes halogenated alkanes) is 1. The fraction of sp³-hybridized carbons (Fsp3) is 0.632. The van der Waals surface area contributed by atoms with Gasteiger partial charge in [-0.25, -0.2) is 0 Å². The molecule has 1 atom stereocenters. The number of hydrogen-bond donors (Lipinski definition) is 0. The molecule has 1 aromatic carbocycles. The summed E-state index contributed by atoms with van der Waals surface area (Å²) in [5.41, 5.74) is 0.611. The van der Waals surface area contributed by atoms with Gasteiger partial charge >= 0.3 is 0 Å². The maximum atomic E-state index is 10.8. The van der Waals surface area contributed by atoms with E-state index in [1.165, 1.54) is 25.8 Å². The Balaban J connectivity index is 1.74. The largest absolute Gasteiger partial charge is 0.490 e. The SMILES string of the molecule is CCOc1cc(C=O)ccc1OCCCCN1CCCC[C@@H]1C. The minimum Gasteiger partial charge on any atom is -0.490 e. The zero-order valence-corrected chi connectivity index (χ0v) is 14.4. The van der Waals surface area contributed by atoms with E-state index in [-0.39, 0.29) is 0 Å². The van der Waals surface area contributed by atoms with E-state index < -0.39 is 0 Å². The van der Waals surface area contributed by atoms with E-state index in [4.69, 9.17) is 9.47 Å². The molecule has 1 fully saturated rings. The molecule has 1 aliphatic rings. The van der Waals surface area contributed by atoms with Crippen LogP contribution in [-0.4, -0.2) is 43.5 Å². The van der Waals surface area contributed by atoms with E-state index in [0.29, 0.717) is 24.5 Å². The quantitative estimate of drug-likeness (QED) is 0.510. The highest BCUT2D eigenvalue weighted by atomic mass is 16.5. The summed E-state index contributed by atoms with van der Waals surface area (Å²) in [6, 6.07) is 6.05. The minimum atomic E-state index is 0.561. The predicted molar refractivity (Wildman–Crippen MR) is 92.6 cm³/mol. The molecule has 1 aromatic rings. The number of likely N-dealkylation sites (tertiary alicyclic amines) is 1. The van der Waals surface area contributed by atoms with Crippen LogP contribution in [0.4, 0.5) is 0 Å². The van der Waals surface area contributed by atoms with E-state index in [9.17, 15) is 4.79 Å². The standard InChI is InChI=1S/C19H29NO3/c1-3-22-19-14-17(15-21)9-10-18(19)23-13-7-6-12-20-11-5-4-8-16(20)2/h9-10,14-16H,3-8,11-13H2,1-2H3/t16-/m0/s1. The monoisotopic (exact) mass is 319 g/mol. The third-order valence-electron chi connectivity index (χ3n) is 4.44. The van der Waals surface area contributed by atoms with Crippen molar-refractivity contribution in [1.29, 1.82) is 0 Å². The lowest BCUT2D eigenvalue weighted by atomic mass is 10.0. The summed E-state index contributed by atoms with van der Waals surface area (Å²) in [7, 11) is 0. The summed E-state index contributed by atoms with van der Waals surface area (Å²) < 4.78 is 11.4. The molecule has 4 heteroatoms. The first kappa shape index (κ1) is 17.8. The molecule has 0 aliphatic carbocycles. The molecule has 2 rings (SSSR count). The van der Waals surface area contributed by atoms with E-state index in [0.717, 1.165) is 37.5 Å². The maximum absolute atomic E-state index is 10.8. The van der Waals surface area contributed by atoms with Crippen LogP contribution in [0, 0.1) is 0 Å². The van der Waals surface area contributed by atoms with E-state index in [2.05, 4.69) is 11.8 Å². The first-order valence-electron chi connectivity index (χ1n) is 8.83. The third-order valence-corrected chi connectivity index (χ3v) is 4.44. The summed E-state index contributed by atoms with van der Waals surface area (Å²) in [5, 5.41) is 0. The lowest BCUT2D eigenvalue weighted by molar-refractivity contribution is 0.112. The lowest BCUT2D eigenvalue weighted by Crippen LogP contribution is -2.38. The lowest BCUT2D eigenvalue weighted by Gasteiger charge is -2.33. The fourth-order valence-corrected chi connectivity index (χ4v) is 3.07. The average molecular weight is 319 g/mol. The Bertz CT molecular complexity index is 490. The Hall–Kier alpha value is -1.55. The fourth-order valence-electron chi connectivity index (χ4n) is 3.07. The van der Waals surface area contributed by atoms with Crippen LogP contribution in [0.1, 0.15) is 56.3 Å². The van der Waals surface area contributed by atoms with Gasteiger partial charge in [0, 0.05) is 11.6 Å². The van der Waals surface area contributed by atoms with Crippen LogP contribution in [0.25, 0.3) is 0 Å². The number of ether oxygens (including phenoxy) is 2. The van der Waals surface area contributed by atoms with Gasteiger partial charge in [0.1, 0.15) is 6.29 Å². The van der Waals surface area contributed by atoms with Gasteiger partial charge in [-0.05, 0) is 70.8 Å². The molecule has 0 aromatic heterocycles. The van der Waals surface area contributed by atoms with Gasteiger partial charge in [-0.15, -0.1) is 0 Å². The molecular weight excluding hydrogens is 290 g/mol. The molecule has 128 valence electrons. The topological polar surface area (TPSA) is 38.8 Å². The number of carbonyl (C=O) groups is 1. The summed E-state index contributed by atoms with van der Waals surface area (Å²) in [4.78, 5) is 13.4. The Kier molecular flexibility index (Phi) is 7.40. The number of hydrogen-bond acceptors (Lipinski definition) is 4. The van der Waals surface area contributed by atoms with Crippen molar-refractivity contribution in [2.24, 2.45) is 0 Å². The summed E-state index contributed by atoms with van der Waals surface area (Å²) >= 11 is 0. The molecule has 1 aliphatic heterocycles. The molecule has 0 unspecified atom stereocenters. The van der Waals surface area contributed by atoms with E-state index in [1.807, 2.05) is 13.0 Å². The van der Waals surface area contributed by atoms with Crippen molar-refractivity contribution in [2.75, 3.05) is 26.3 Å². The smallest absolute Gasteiger partial charge is 0.161 e. The van der Waals surface area contributed by atoms with Crippen LogP contribution in [-0.2, 0) is 0 Å². The Morgan fingerprint density at radius 2 is 2.09 bits per heavy atom. The van der Waals surface area contributed by atoms with Crippen LogP contribution >= 0.6 is 0 Å². The molecule has 0 bridgehead atoms. The number of benzene rings is 1. The van der Waals surface area contributed by atoms with E-state index >= 15 is 0 Å². The van der Waals surface area contributed by atoms with Crippen molar-refractivity contribution in [2.45, 2.75) is 52.0 Å². The molecular formula is C19H29NO3. The molecule has 1 saturated heterocycles. The second-order valence-electron chi connectivity index (χ2n) is 6.19. The van der Waals surface area contributed by atoms with Crippen LogP contribution in [0.5, 0.6) is 11.5 Å². The predicted octanol–water partition coefficient (Wildman–Crippen LogP) is 3.93. The number of rotatable bonds is 9. The molecule has 1 heterocycles. The van der Waals surface area contributed by atoms with Crippen LogP contribution in [0.2, 0.25) is 0 Å². The van der Waals surface area contributed by atoms with Gasteiger partial charge < -0.3 is 14.4 Å². The minimum absolute atomic E-state index is 0.561. The van der Waals surface area contributed by atoms with E-state index in [1.54, 1.807) is 12.1 Å². The van der Waals surface area contributed by atoms with Gasteiger partial charge in [0.15, 0.2) is 11.5 Å². The molecule has 0 saturated carbocycles. The molecule has 0 N–H and O–H groups in total. The number of carbonyl (C=O) groups excluding carboxylic acids is 1. The highest BCUT2D eigenvalue weighted by Crippen LogP contribution is 2.28. The molecule has 0 spiro atoms. The summed E-state index contributed by atoms with van der Waals surface area (Å²) in [5.74, 6) is 1.38. The van der Waals surface area contributed by atoms with Gasteiger partial charge in [0.2, 0.25) is 0 Å². The molecule has 0 radical (unpaired) electrons. The average Bonchev–Trinajstić information content (AvgIpc) is 2.57.